The highest BCUT2D eigenvalue weighted by atomic mass is 32.2. The number of nitrogens with zero attached hydrogens (tertiary/aromatic N) is 2. The molecule has 34 heavy (non-hydrogen) atoms. The van der Waals surface area contributed by atoms with Gasteiger partial charge in [-0.2, -0.15) is 0 Å². The van der Waals surface area contributed by atoms with E-state index in [1.165, 1.54) is 24.3 Å². The molecule has 0 saturated carbocycles. The number of benzene rings is 3. The zero-order chi connectivity index (χ0) is 24.2. The van der Waals surface area contributed by atoms with E-state index in [9.17, 15) is 24.5 Å². The molecule has 1 saturated heterocycles. The van der Waals surface area contributed by atoms with Crippen LogP contribution >= 0.6 is 11.8 Å². The van der Waals surface area contributed by atoms with E-state index in [1.54, 1.807) is 36.4 Å². The maximum Gasteiger partial charge on any atom is 0.293 e. The normalized spacial score (nSPS) is 14.5. The quantitative estimate of drug-likeness (QED) is 0.292. The van der Waals surface area contributed by atoms with E-state index in [-0.39, 0.29) is 23.0 Å². The second-order valence-electron chi connectivity index (χ2n) is 7.64. The highest BCUT2D eigenvalue weighted by molar-refractivity contribution is 8.18. The molecule has 3 aromatic carbocycles. The summed E-state index contributed by atoms with van der Waals surface area (Å²) in [5, 5.41) is 13.4. The lowest BCUT2D eigenvalue weighted by Gasteiger charge is -2.13. The van der Waals surface area contributed by atoms with Crippen molar-refractivity contribution in [3.8, 4) is 0 Å². The number of thioether (sulfide) groups is 1. The summed E-state index contributed by atoms with van der Waals surface area (Å²) in [6.45, 7) is 1.99. The number of rotatable bonds is 6. The van der Waals surface area contributed by atoms with E-state index in [0.717, 1.165) is 22.2 Å². The van der Waals surface area contributed by atoms with Gasteiger partial charge in [0.2, 0.25) is 0 Å². The van der Waals surface area contributed by atoms with Gasteiger partial charge in [-0.1, -0.05) is 36.4 Å². The fourth-order valence-corrected chi connectivity index (χ4v) is 4.22. The van der Waals surface area contributed by atoms with Crippen LogP contribution in [0.15, 0.2) is 77.7 Å². The Kier molecular flexibility index (Phi) is 6.55. The van der Waals surface area contributed by atoms with Crippen LogP contribution in [0.25, 0.3) is 6.08 Å². The molecule has 0 radical (unpaired) electrons. The van der Waals surface area contributed by atoms with Gasteiger partial charge in [0, 0.05) is 23.4 Å². The summed E-state index contributed by atoms with van der Waals surface area (Å²) in [5.74, 6) is -0.731. The molecule has 1 aliphatic rings. The van der Waals surface area contributed by atoms with Crippen LogP contribution in [0.3, 0.4) is 0 Å². The molecule has 0 atom stereocenters. The SMILES string of the molecule is Cc1cccc(NC(=O)c2ccc(CN3C(=O)S/C(=C\c4cccc([N+](=O)[O-])c4)C3=O)cc2)c1. The molecule has 0 aliphatic carbocycles. The fraction of sp³-hybridized carbons (Fsp3) is 0.0800. The average molecular weight is 474 g/mol. The summed E-state index contributed by atoms with van der Waals surface area (Å²) >= 11 is 0.785. The molecule has 1 fully saturated rings. The van der Waals surface area contributed by atoms with Crippen LogP contribution < -0.4 is 5.32 Å². The van der Waals surface area contributed by atoms with Crippen molar-refractivity contribution in [2.75, 3.05) is 5.32 Å². The molecule has 0 aromatic heterocycles. The lowest BCUT2D eigenvalue weighted by molar-refractivity contribution is -0.384. The summed E-state index contributed by atoms with van der Waals surface area (Å²) in [5.41, 5.74) is 3.23. The van der Waals surface area contributed by atoms with E-state index in [4.69, 9.17) is 0 Å². The number of hydrogen-bond donors (Lipinski definition) is 1. The van der Waals surface area contributed by atoms with Crippen molar-refractivity contribution >= 4 is 46.3 Å². The zero-order valence-corrected chi connectivity index (χ0v) is 18.9. The van der Waals surface area contributed by atoms with Gasteiger partial charge in [0.25, 0.3) is 22.7 Å². The van der Waals surface area contributed by atoms with Gasteiger partial charge >= 0.3 is 0 Å². The zero-order valence-electron chi connectivity index (χ0n) is 18.1. The second-order valence-corrected chi connectivity index (χ2v) is 8.63. The van der Waals surface area contributed by atoms with Gasteiger partial charge in [0.05, 0.1) is 16.4 Å². The van der Waals surface area contributed by atoms with Crippen molar-refractivity contribution in [3.63, 3.8) is 0 Å². The van der Waals surface area contributed by atoms with Crippen LogP contribution in [0.1, 0.15) is 27.0 Å². The molecule has 8 nitrogen and oxygen atoms in total. The maximum atomic E-state index is 12.8. The van der Waals surface area contributed by atoms with Gasteiger partial charge in [-0.05, 0) is 65.7 Å². The van der Waals surface area contributed by atoms with Crippen LogP contribution in [0.2, 0.25) is 0 Å². The Bertz CT molecular complexity index is 1330. The second kappa shape index (κ2) is 9.72. The summed E-state index contributed by atoms with van der Waals surface area (Å²) in [6, 6.07) is 20.0. The number of hydrogen-bond acceptors (Lipinski definition) is 6. The Labute approximate surface area is 199 Å². The Morgan fingerprint density at radius 3 is 2.50 bits per heavy atom. The van der Waals surface area contributed by atoms with Crippen molar-refractivity contribution in [2.24, 2.45) is 0 Å². The third-order valence-corrected chi connectivity index (χ3v) is 5.99. The molecule has 0 unspecified atom stereocenters. The lowest BCUT2D eigenvalue weighted by atomic mass is 10.1. The van der Waals surface area contributed by atoms with Crippen LogP contribution in [0.5, 0.6) is 0 Å². The molecule has 170 valence electrons. The molecular weight excluding hydrogens is 454 g/mol. The largest absolute Gasteiger partial charge is 0.322 e. The number of aryl methyl sites for hydroxylation is 1. The third-order valence-electron chi connectivity index (χ3n) is 5.09. The fourth-order valence-electron chi connectivity index (χ4n) is 3.39. The molecule has 1 aliphatic heterocycles. The number of non-ortho nitro benzene ring substituents is 1. The predicted molar refractivity (Wildman–Crippen MR) is 130 cm³/mol. The van der Waals surface area contributed by atoms with Crippen molar-refractivity contribution in [1.82, 2.24) is 4.90 Å². The molecule has 3 amide bonds. The van der Waals surface area contributed by atoms with E-state index in [0.29, 0.717) is 22.4 Å². The minimum atomic E-state index is -0.520. The molecule has 0 bridgehead atoms. The third kappa shape index (κ3) is 5.21. The number of carbonyl (C=O) groups is 3. The average Bonchev–Trinajstić information content (AvgIpc) is 3.07. The minimum Gasteiger partial charge on any atom is -0.322 e. The van der Waals surface area contributed by atoms with Gasteiger partial charge in [-0.25, -0.2) is 0 Å². The predicted octanol–water partition coefficient (Wildman–Crippen LogP) is 5.39. The monoisotopic (exact) mass is 473 g/mol. The number of anilines is 1. The van der Waals surface area contributed by atoms with E-state index < -0.39 is 16.1 Å². The van der Waals surface area contributed by atoms with Gasteiger partial charge in [0.1, 0.15) is 0 Å². The molecular formula is C25H19N3O5S. The number of amides is 3. The van der Waals surface area contributed by atoms with E-state index >= 15 is 0 Å². The molecule has 1 heterocycles. The maximum absolute atomic E-state index is 12.8. The Morgan fingerprint density at radius 2 is 1.79 bits per heavy atom. The first-order chi connectivity index (χ1) is 16.3. The Morgan fingerprint density at radius 1 is 1.06 bits per heavy atom. The van der Waals surface area contributed by atoms with Crippen molar-refractivity contribution < 1.29 is 19.3 Å². The smallest absolute Gasteiger partial charge is 0.293 e. The van der Waals surface area contributed by atoms with Crippen molar-refractivity contribution in [1.29, 1.82) is 0 Å². The first-order valence-electron chi connectivity index (χ1n) is 10.3. The Balaban J connectivity index is 1.44. The standard InChI is InChI=1S/C25H19N3O5S/c1-16-4-2-6-20(12-16)26-23(29)19-10-8-17(9-11-19)15-27-24(30)22(34-25(27)31)14-18-5-3-7-21(13-18)28(32)33/h2-14H,15H2,1H3,(H,26,29)/b22-14-. The number of imide groups is 1. The summed E-state index contributed by atoms with van der Waals surface area (Å²) in [4.78, 5) is 49.4. The van der Waals surface area contributed by atoms with Crippen molar-refractivity contribution in [3.05, 3.63) is 110 Å². The highest BCUT2D eigenvalue weighted by Crippen LogP contribution is 2.33. The molecule has 4 rings (SSSR count). The van der Waals surface area contributed by atoms with Gasteiger partial charge in [-0.15, -0.1) is 0 Å². The minimum absolute atomic E-state index is 0.0523. The number of nitro groups is 1. The topological polar surface area (TPSA) is 110 Å². The van der Waals surface area contributed by atoms with Gasteiger partial charge < -0.3 is 5.32 Å². The first kappa shape index (κ1) is 22.9. The summed E-state index contributed by atoms with van der Waals surface area (Å²) < 4.78 is 0. The first-order valence-corrected chi connectivity index (χ1v) is 11.1. The molecule has 9 heteroatoms. The molecule has 0 spiro atoms. The number of carbonyl (C=O) groups excluding carboxylic acids is 3. The lowest BCUT2D eigenvalue weighted by Crippen LogP contribution is -2.27. The summed E-state index contributed by atoms with van der Waals surface area (Å²) in [7, 11) is 0. The number of nitrogens with one attached hydrogen (secondary N) is 1. The highest BCUT2D eigenvalue weighted by Gasteiger charge is 2.35. The van der Waals surface area contributed by atoms with E-state index in [1.807, 2.05) is 25.1 Å². The number of nitro benzene ring substituents is 1. The van der Waals surface area contributed by atoms with Gasteiger partial charge in [-0.3, -0.25) is 29.4 Å². The molecule has 3 aromatic rings. The summed E-state index contributed by atoms with van der Waals surface area (Å²) in [6.07, 6.45) is 1.47. The van der Waals surface area contributed by atoms with Crippen LogP contribution in [-0.4, -0.2) is 26.9 Å². The Hall–Kier alpha value is -4.24. The van der Waals surface area contributed by atoms with Gasteiger partial charge in [0.15, 0.2) is 0 Å². The van der Waals surface area contributed by atoms with Crippen LogP contribution in [0.4, 0.5) is 16.2 Å². The molecule has 1 N–H and O–H groups in total. The van der Waals surface area contributed by atoms with Crippen molar-refractivity contribution in [2.45, 2.75) is 13.5 Å². The van der Waals surface area contributed by atoms with E-state index in [2.05, 4.69) is 5.32 Å². The van der Waals surface area contributed by atoms with Crippen LogP contribution in [0, 0.1) is 17.0 Å². The van der Waals surface area contributed by atoms with Crippen LogP contribution in [-0.2, 0) is 11.3 Å².